The van der Waals surface area contributed by atoms with Crippen molar-refractivity contribution >= 4 is 60.4 Å². The van der Waals surface area contributed by atoms with Gasteiger partial charge in [0.15, 0.2) is 0 Å². The Morgan fingerprint density at radius 1 is 0.266 bits per heavy atom. The summed E-state index contributed by atoms with van der Waals surface area (Å²) in [5.74, 6) is 0. The summed E-state index contributed by atoms with van der Waals surface area (Å²) < 4.78 is 2.38. The Kier molecular flexibility index (Phi) is 9.20. The van der Waals surface area contributed by atoms with Gasteiger partial charge in [0.2, 0.25) is 0 Å². The number of aromatic nitrogens is 1. The molecule has 12 rings (SSSR count). The number of hydrogen-bond donors (Lipinski definition) is 0. The Balaban J connectivity index is 1.03. The standard InChI is InChI=1S/C62H42N2/c1-3-16-43(17-4-1)44-30-34-48(35-31-44)63(62-41-40-55(54-23-9-10-24-56(54)62)53-27-15-21-45-20-7-8-22-51(45)53)50-38-39-52(59(42-50)46-18-5-2-6-19-46)47-32-36-49(37-33-47)64-60-28-13-11-25-57(60)58-26-12-14-29-61(58)64/h1-42H. The van der Waals surface area contributed by atoms with Crippen molar-refractivity contribution in [3.8, 4) is 50.2 Å². The van der Waals surface area contributed by atoms with E-state index in [1.807, 2.05) is 0 Å². The third kappa shape index (κ3) is 6.44. The molecule has 0 spiro atoms. The van der Waals surface area contributed by atoms with Crippen molar-refractivity contribution in [1.29, 1.82) is 0 Å². The Morgan fingerprint density at radius 2 is 0.750 bits per heavy atom. The molecule has 0 radical (unpaired) electrons. The molecule has 0 saturated carbocycles. The van der Waals surface area contributed by atoms with Crippen LogP contribution < -0.4 is 4.90 Å². The normalized spacial score (nSPS) is 11.4. The van der Waals surface area contributed by atoms with Crippen molar-refractivity contribution < 1.29 is 0 Å². The predicted molar refractivity (Wildman–Crippen MR) is 272 cm³/mol. The van der Waals surface area contributed by atoms with Crippen LogP contribution in [-0.2, 0) is 0 Å². The van der Waals surface area contributed by atoms with Crippen LogP contribution in [0.2, 0.25) is 0 Å². The Morgan fingerprint density at radius 3 is 1.45 bits per heavy atom. The minimum absolute atomic E-state index is 1.08. The van der Waals surface area contributed by atoms with E-state index in [1.54, 1.807) is 0 Å². The van der Waals surface area contributed by atoms with E-state index in [2.05, 4.69) is 264 Å². The molecule has 64 heavy (non-hydrogen) atoms. The number of hydrogen-bond acceptors (Lipinski definition) is 1. The van der Waals surface area contributed by atoms with Gasteiger partial charge in [-0.25, -0.2) is 0 Å². The maximum Gasteiger partial charge on any atom is 0.0541 e. The van der Waals surface area contributed by atoms with E-state index in [0.717, 1.165) is 22.7 Å². The molecular formula is C62H42N2. The van der Waals surface area contributed by atoms with Crippen molar-refractivity contribution in [3.05, 3.63) is 255 Å². The average Bonchev–Trinajstić information content (AvgIpc) is 3.71. The summed E-state index contributed by atoms with van der Waals surface area (Å²) in [5, 5.41) is 7.42. The fourth-order valence-corrected chi connectivity index (χ4v) is 9.80. The van der Waals surface area contributed by atoms with E-state index in [9.17, 15) is 0 Å². The van der Waals surface area contributed by atoms with Crippen molar-refractivity contribution in [2.45, 2.75) is 0 Å². The second kappa shape index (κ2) is 15.8. The highest BCUT2D eigenvalue weighted by atomic mass is 15.1. The van der Waals surface area contributed by atoms with E-state index in [0.29, 0.717) is 0 Å². The molecule has 300 valence electrons. The molecule has 0 N–H and O–H groups in total. The number of nitrogens with zero attached hydrogens (tertiary/aromatic N) is 2. The lowest BCUT2D eigenvalue weighted by atomic mass is 9.92. The molecule has 0 fully saturated rings. The Bertz CT molecular complexity index is 3580. The minimum Gasteiger partial charge on any atom is -0.310 e. The topological polar surface area (TPSA) is 8.17 Å². The minimum atomic E-state index is 1.08. The van der Waals surface area contributed by atoms with E-state index in [4.69, 9.17) is 0 Å². The molecule has 0 bridgehead atoms. The third-order valence-electron chi connectivity index (χ3n) is 12.8. The molecule has 0 aliphatic rings. The van der Waals surface area contributed by atoms with Crippen LogP contribution in [0.3, 0.4) is 0 Å². The van der Waals surface area contributed by atoms with Gasteiger partial charge in [-0.15, -0.1) is 0 Å². The molecule has 1 heterocycles. The highest BCUT2D eigenvalue weighted by molar-refractivity contribution is 6.11. The zero-order valence-corrected chi connectivity index (χ0v) is 35.1. The van der Waals surface area contributed by atoms with Gasteiger partial charge in [0.1, 0.15) is 0 Å². The van der Waals surface area contributed by atoms with Gasteiger partial charge in [0.25, 0.3) is 0 Å². The second-order valence-electron chi connectivity index (χ2n) is 16.5. The van der Waals surface area contributed by atoms with Crippen molar-refractivity contribution in [3.63, 3.8) is 0 Å². The lowest BCUT2D eigenvalue weighted by Crippen LogP contribution is -2.11. The van der Waals surface area contributed by atoms with Crippen LogP contribution in [0.1, 0.15) is 0 Å². The van der Waals surface area contributed by atoms with Gasteiger partial charge < -0.3 is 9.47 Å². The fourth-order valence-electron chi connectivity index (χ4n) is 9.80. The number of rotatable bonds is 8. The number of benzene rings is 11. The monoisotopic (exact) mass is 814 g/mol. The summed E-state index contributed by atoms with van der Waals surface area (Å²) in [5.41, 5.74) is 16.4. The van der Waals surface area contributed by atoms with Crippen LogP contribution in [0.5, 0.6) is 0 Å². The van der Waals surface area contributed by atoms with E-state index in [-0.39, 0.29) is 0 Å². The molecule has 11 aromatic carbocycles. The van der Waals surface area contributed by atoms with Crippen molar-refractivity contribution in [1.82, 2.24) is 4.57 Å². The SMILES string of the molecule is c1ccc(-c2ccc(N(c3ccc(-c4ccc(-n5c6ccccc6c6ccccc65)cc4)c(-c4ccccc4)c3)c3ccc(-c4cccc5ccccc45)c4ccccc34)cc2)cc1. The smallest absolute Gasteiger partial charge is 0.0541 e. The average molecular weight is 815 g/mol. The summed E-state index contributed by atoms with van der Waals surface area (Å²) in [4.78, 5) is 2.44. The first-order valence-corrected chi connectivity index (χ1v) is 22.0. The molecule has 0 atom stereocenters. The third-order valence-corrected chi connectivity index (χ3v) is 12.8. The summed E-state index contributed by atoms with van der Waals surface area (Å²) in [6, 6.07) is 92.7. The van der Waals surface area contributed by atoms with Crippen LogP contribution in [0.15, 0.2) is 255 Å². The molecule has 0 amide bonds. The van der Waals surface area contributed by atoms with Crippen LogP contribution in [0.25, 0.3) is 93.5 Å². The molecule has 2 nitrogen and oxygen atoms in total. The van der Waals surface area contributed by atoms with Crippen LogP contribution in [-0.4, -0.2) is 4.57 Å². The second-order valence-corrected chi connectivity index (χ2v) is 16.5. The van der Waals surface area contributed by atoms with Crippen LogP contribution in [0.4, 0.5) is 17.1 Å². The molecule has 0 aliphatic heterocycles. The summed E-state index contributed by atoms with van der Waals surface area (Å²) in [7, 11) is 0. The van der Waals surface area contributed by atoms with Gasteiger partial charge in [-0.1, -0.05) is 200 Å². The van der Waals surface area contributed by atoms with Gasteiger partial charge in [-0.2, -0.15) is 0 Å². The summed E-state index contributed by atoms with van der Waals surface area (Å²) >= 11 is 0. The molecule has 2 heteroatoms. The Hall–Kier alpha value is -8.46. The van der Waals surface area contributed by atoms with E-state index < -0.39 is 0 Å². The molecule has 0 saturated heterocycles. The van der Waals surface area contributed by atoms with Crippen LogP contribution >= 0.6 is 0 Å². The number of fused-ring (bicyclic) bond motifs is 5. The molecular weight excluding hydrogens is 773 g/mol. The number of para-hydroxylation sites is 2. The first-order chi connectivity index (χ1) is 31.8. The van der Waals surface area contributed by atoms with Gasteiger partial charge in [0.05, 0.1) is 16.7 Å². The van der Waals surface area contributed by atoms with Gasteiger partial charge in [-0.05, 0) is 115 Å². The van der Waals surface area contributed by atoms with E-state index >= 15 is 0 Å². The predicted octanol–water partition coefficient (Wildman–Crippen LogP) is 17.2. The van der Waals surface area contributed by atoms with Crippen LogP contribution in [0, 0.1) is 0 Å². The Labute approximate surface area is 373 Å². The lowest BCUT2D eigenvalue weighted by molar-refractivity contribution is 1.18. The first-order valence-electron chi connectivity index (χ1n) is 22.0. The zero-order valence-electron chi connectivity index (χ0n) is 35.1. The lowest BCUT2D eigenvalue weighted by Gasteiger charge is -2.29. The highest BCUT2D eigenvalue weighted by Crippen LogP contribution is 2.46. The molecule has 1 aromatic heterocycles. The molecule has 0 unspecified atom stereocenters. The van der Waals surface area contributed by atoms with Gasteiger partial charge in [0, 0.05) is 33.2 Å². The number of anilines is 3. The van der Waals surface area contributed by atoms with Crippen molar-refractivity contribution in [2.75, 3.05) is 4.90 Å². The van der Waals surface area contributed by atoms with Crippen molar-refractivity contribution in [2.24, 2.45) is 0 Å². The maximum atomic E-state index is 2.44. The maximum absolute atomic E-state index is 2.44. The quantitative estimate of drug-likeness (QED) is 0.148. The zero-order chi connectivity index (χ0) is 42.4. The fraction of sp³-hybridized carbons (Fsp3) is 0. The van der Waals surface area contributed by atoms with Gasteiger partial charge in [-0.3, -0.25) is 0 Å². The molecule has 0 aliphatic carbocycles. The summed E-state index contributed by atoms with van der Waals surface area (Å²) in [6.07, 6.45) is 0. The van der Waals surface area contributed by atoms with Gasteiger partial charge >= 0.3 is 0 Å². The largest absolute Gasteiger partial charge is 0.310 e. The highest BCUT2D eigenvalue weighted by Gasteiger charge is 2.21. The first kappa shape index (κ1) is 37.3. The summed E-state index contributed by atoms with van der Waals surface area (Å²) in [6.45, 7) is 0. The van der Waals surface area contributed by atoms with E-state index in [1.165, 1.54) is 87.9 Å². The molecule has 12 aromatic rings.